The van der Waals surface area contributed by atoms with E-state index in [1.807, 2.05) is 24.8 Å². The summed E-state index contributed by atoms with van der Waals surface area (Å²) in [5.41, 5.74) is 10.5. The molecule has 1 aromatic carbocycles. The van der Waals surface area contributed by atoms with Gasteiger partial charge < -0.3 is 20.1 Å². The number of hydrogen-bond donors (Lipinski definition) is 3. The Morgan fingerprint density at radius 2 is 2.14 bits per heavy atom. The minimum atomic E-state index is -3.45. The smallest absolute Gasteiger partial charge is 0.258 e. The first-order chi connectivity index (χ1) is 17.7. The highest BCUT2D eigenvalue weighted by atomic mass is 32.2. The third-order valence-electron chi connectivity index (χ3n) is 7.11. The topological polar surface area (TPSA) is 144 Å². The highest BCUT2D eigenvalue weighted by Crippen LogP contribution is 2.42. The zero-order valence-corrected chi connectivity index (χ0v) is 22.1. The summed E-state index contributed by atoms with van der Waals surface area (Å²) in [6.45, 7) is 5.59. The lowest BCUT2D eigenvalue weighted by Gasteiger charge is -2.21. The molecule has 3 aliphatic rings. The number of nitrogens with one attached hydrogen (secondary N) is 1. The molecule has 2 atom stereocenters. The molecule has 2 aliphatic carbocycles. The van der Waals surface area contributed by atoms with E-state index in [4.69, 9.17) is 15.0 Å². The fourth-order valence-electron chi connectivity index (χ4n) is 5.35. The van der Waals surface area contributed by atoms with E-state index in [9.17, 15) is 13.5 Å². The summed E-state index contributed by atoms with van der Waals surface area (Å²) in [5, 5.41) is 13.9. The van der Waals surface area contributed by atoms with Crippen molar-refractivity contribution < 1.29 is 22.8 Å². The van der Waals surface area contributed by atoms with Gasteiger partial charge >= 0.3 is 0 Å². The Hall–Kier alpha value is -2.73. The van der Waals surface area contributed by atoms with Gasteiger partial charge in [0.2, 0.25) is 15.8 Å². The number of aliphatic hydroxyl groups is 1. The monoisotopic (exact) mass is 529 g/mol. The molecule has 4 N–H and O–H groups in total. The van der Waals surface area contributed by atoms with E-state index in [-0.39, 0.29) is 24.0 Å². The SMILES string of the molecule is CC(C)Oc1ccc(-c2nc(C3=CCCC4=C3CC[C@@H]4NS(=O)(=O)CCN3CC[C@H](O)C3)no2)cc1N. The standard InChI is InChI=1S/C26H35N5O5S/c1-16(2)35-24-9-6-17(14-22(24)27)26-28-25(29-36-26)21-5-3-4-20-19(21)7-8-23(20)30-37(33,34)13-12-31-11-10-18(32)15-31/h5-6,9,14,16,18,23,30,32H,3-4,7-8,10-13,15,27H2,1-2H3/t18-,23-/m0/s1. The number of benzene rings is 1. The normalized spacial score (nSPS) is 22.5. The molecule has 37 heavy (non-hydrogen) atoms. The van der Waals surface area contributed by atoms with Gasteiger partial charge in [-0.1, -0.05) is 11.2 Å². The summed E-state index contributed by atoms with van der Waals surface area (Å²) >= 11 is 0. The van der Waals surface area contributed by atoms with Crippen LogP contribution in [0, 0.1) is 0 Å². The molecular formula is C26H35N5O5S. The Kier molecular flexibility index (Phi) is 7.39. The van der Waals surface area contributed by atoms with E-state index in [1.165, 1.54) is 0 Å². The second kappa shape index (κ2) is 10.6. The molecule has 1 fully saturated rings. The van der Waals surface area contributed by atoms with Crippen molar-refractivity contribution in [1.29, 1.82) is 0 Å². The molecule has 1 saturated heterocycles. The number of nitrogens with two attached hydrogens (primary N) is 1. The number of hydrogen-bond acceptors (Lipinski definition) is 9. The van der Waals surface area contributed by atoms with Crippen molar-refractivity contribution in [2.24, 2.45) is 0 Å². The number of likely N-dealkylation sites (tertiary alicyclic amines) is 1. The van der Waals surface area contributed by atoms with E-state index in [2.05, 4.69) is 20.9 Å². The van der Waals surface area contributed by atoms with Gasteiger partial charge in [0.15, 0.2) is 0 Å². The van der Waals surface area contributed by atoms with Crippen LogP contribution in [0.4, 0.5) is 5.69 Å². The Balaban J connectivity index is 1.28. The van der Waals surface area contributed by atoms with Gasteiger partial charge in [0.05, 0.1) is 23.6 Å². The first-order valence-electron chi connectivity index (χ1n) is 12.9. The van der Waals surface area contributed by atoms with Gasteiger partial charge in [-0.15, -0.1) is 0 Å². The molecule has 0 bridgehead atoms. The Morgan fingerprint density at radius 1 is 1.30 bits per heavy atom. The number of aromatic nitrogens is 2. The van der Waals surface area contributed by atoms with Crippen LogP contribution < -0.4 is 15.2 Å². The van der Waals surface area contributed by atoms with E-state index in [0.29, 0.717) is 54.6 Å². The molecule has 5 rings (SSSR count). The average molecular weight is 530 g/mol. The number of anilines is 1. The molecule has 0 spiro atoms. The molecule has 11 heteroatoms. The van der Waals surface area contributed by atoms with Gasteiger partial charge in [0.25, 0.3) is 5.89 Å². The van der Waals surface area contributed by atoms with Crippen LogP contribution in [0.1, 0.15) is 51.8 Å². The van der Waals surface area contributed by atoms with Gasteiger partial charge in [-0.05, 0) is 75.3 Å². The van der Waals surface area contributed by atoms with Gasteiger partial charge in [0, 0.05) is 36.8 Å². The van der Waals surface area contributed by atoms with E-state index in [1.54, 1.807) is 12.1 Å². The van der Waals surface area contributed by atoms with Crippen LogP contribution in [0.5, 0.6) is 5.75 Å². The van der Waals surface area contributed by atoms with Crippen LogP contribution in [0.15, 0.2) is 39.9 Å². The number of allylic oxidation sites excluding steroid dienone is 3. The average Bonchev–Trinajstić information content (AvgIpc) is 3.59. The van der Waals surface area contributed by atoms with E-state index < -0.39 is 10.0 Å². The quantitative estimate of drug-likeness (QED) is 0.418. The van der Waals surface area contributed by atoms with Crippen molar-refractivity contribution in [3.8, 4) is 17.2 Å². The van der Waals surface area contributed by atoms with Crippen LogP contribution in [-0.4, -0.2) is 72.2 Å². The fraction of sp³-hybridized carbons (Fsp3) is 0.538. The predicted molar refractivity (Wildman–Crippen MR) is 141 cm³/mol. The molecule has 0 amide bonds. The molecule has 2 aromatic rings. The highest BCUT2D eigenvalue weighted by Gasteiger charge is 2.33. The first-order valence-corrected chi connectivity index (χ1v) is 14.6. The lowest BCUT2D eigenvalue weighted by Crippen LogP contribution is -2.39. The van der Waals surface area contributed by atoms with E-state index >= 15 is 0 Å². The molecule has 2 heterocycles. The van der Waals surface area contributed by atoms with Crippen LogP contribution in [0.25, 0.3) is 17.0 Å². The van der Waals surface area contributed by atoms with Gasteiger partial charge in [-0.25, -0.2) is 13.1 Å². The number of rotatable bonds is 9. The second-order valence-electron chi connectivity index (χ2n) is 10.3. The summed E-state index contributed by atoms with van der Waals surface area (Å²) in [6.07, 6.45) is 5.53. The third kappa shape index (κ3) is 5.90. The largest absolute Gasteiger partial charge is 0.489 e. The Morgan fingerprint density at radius 3 is 2.86 bits per heavy atom. The van der Waals surface area contributed by atoms with Crippen molar-refractivity contribution in [2.45, 2.75) is 64.2 Å². The van der Waals surface area contributed by atoms with Gasteiger partial charge in [0.1, 0.15) is 5.75 Å². The maximum atomic E-state index is 12.8. The highest BCUT2D eigenvalue weighted by molar-refractivity contribution is 7.89. The maximum Gasteiger partial charge on any atom is 0.258 e. The zero-order valence-electron chi connectivity index (χ0n) is 21.3. The predicted octanol–water partition coefficient (Wildman–Crippen LogP) is 2.73. The molecule has 10 nitrogen and oxygen atoms in total. The lowest BCUT2D eigenvalue weighted by molar-refractivity contribution is 0.178. The molecule has 1 aliphatic heterocycles. The maximum absolute atomic E-state index is 12.8. The minimum Gasteiger partial charge on any atom is -0.489 e. The summed E-state index contributed by atoms with van der Waals surface area (Å²) < 4.78 is 39.9. The number of nitrogen functional groups attached to an aromatic ring is 1. The summed E-state index contributed by atoms with van der Waals surface area (Å²) in [7, 11) is -3.45. The number of nitrogens with zero attached hydrogens (tertiary/aromatic N) is 3. The van der Waals surface area contributed by atoms with Crippen LogP contribution in [-0.2, 0) is 10.0 Å². The van der Waals surface area contributed by atoms with Gasteiger partial charge in [-0.2, -0.15) is 4.98 Å². The van der Waals surface area contributed by atoms with E-state index in [0.717, 1.165) is 42.5 Å². The third-order valence-corrected chi connectivity index (χ3v) is 8.47. The molecule has 0 radical (unpaired) electrons. The number of ether oxygens (including phenoxy) is 1. The van der Waals surface area contributed by atoms with Crippen LogP contribution >= 0.6 is 0 Å². The van der Waals surface area contributed by atoms with Crippen molar-refractivity contribution in [3.63, 3.8) is 0 Å². The zero-order chi connectivity index (χ0) is 26.2. The Bertz CT molecular complexity index is 1320. The fourth-order valence-corrected chi connectivity index (χ4v) is 6.66. The van der Waals surface area contributed by atoms with Crippen molar-refractivity contribution in [2.75, 3.05) is 31.1 Å². The molecule has 200 valence electrons. The number of aliphatic hydroxyl groups excluding tert-OH is 1. The summed E-state index contributed by atoms with van der Waals surface area (Å²) in [6, 6.07) is 5.19. The van der Waals surface area contributed by atoms with Gasteiger partial charge in [-0.3, -0.25) is 4.90 Å². The molecule has 0 saturated carbocycles. The lowest BCUT2D eigenvalue weighted by atomic mass is 9.91. The molecular weight excluding hydrogens is 494 g/mol. The molecule has 0 unspecified atom stereocenters. The van der Waals surface area contributed by atoms with Crippen molar-refractivity contribution in [3.05, 3.63) is 41.2 Å². The van der Waals surface area contributed by atoms with Crippen molar-refractivity contribution >= 4 is 21.3 Å². The first kappa shape index (κ1) is 25.9. The number of sulfonamides is 1. The number of β-amino-alcohol motifs (C(OH)–C–C–N with tert-alkyl or cyclic N) is 1. The minimum absolute atomic E-state index is 0.0164. The second-order valence-corrected chi connectivity index (χ2v) is 12.1. The summed E-state index contributed by atoms with van der Waals surface area (Å²) in [4.78, 5) is 6.63. The molecule has 1 aromatic heterocycles. The van der Waals surface area contributed by atoms with Crippen LogP contribution in [0.2, 0.25) is 0 Å². The summed E-state index contributed by atoms with van der Waals surface area (Å²) in [5.74, 6) is 1.51. The Labute approximate surface area is 217 Å². The van der Waals surface area contributed by atoms with Crippen molar-refractivity contribution in [1.82, 2.24) is 19.8 Å². The van der Waals surface area contributed by atoms with Crippen LogP contribution in [0.3, 0.4) is 0 Å².